The molecule has 11 nitrogen and oxygen atoms in total. The van der Waals surface area contributed by atoms with Gasteiger partial charge in [0.1, 0.15) is 11.5 Å². The Bertz CT molecular complexity index is 1990. The largest absolute Gasteiger partial charge is 0.497 e. The quantitative estimate of drug-likeness (QED) is 0.0955. The van der Waals surface area contributed by atoms with E-state index in [0.29, 0.717) is 40.5 Å². The lowest BCUT2D eigenvalue weighted by molar-refractivity contribution is 0.201. The van der Waals surface area contributed by atoms with Crippen LogP contribution in [0, 0.1) is 0 Å². The molecule has 6 rings (SSSR count). The summed E-state index contributed by atoms with van der Waals surface area (Å²) in [6.07, 6.45) is 3.85. The lowest BCUT2D eigenvalue weighted by atomic mass is 9.99. The lowest BCUT2D eigenvalue weighted by Crippen LogP contribution is -2.44. The minimum atomic E-state index is 0. The van der Waals surface area contributed by atoms with Gasteiger partial charge in [0, 0.05) is 67.9 Å². The van der Waals surface area contributed by atoms with Crippen LogP contribution in [0.5, 0.6) is 46.0 Å². The Labute approximate surface area is 348 Å². The normalized spacial score (nSPS) is 12.7. The number of likely N-dealkylation sites (tertiary alicyclic amines) is 1. The molecule has 1 aliphatic heterocycles. The average molecular weight is 823 g/mol. The smallest absolute Gasteiger partial charge is 0.203 e. The number of piperidine rings is 1. The summed E-state index contributed by atoms with van der Waals surface area (Å²) in [6, 6.07) is 27.1. The Morgan fingerprint density at radius 1 is 0.544 bits per heavy atom. The third-order valence-corrected chi connectivity index (χ3v) is 10.2. The highest BCUT2D eigenvalue weighted by Gasteiger charge is 2.27. The predicted molar refractivity (Wildman–Crippen MR) is 229 cm³/mol. The molecule has 0 unspecified atom stereocenters. The van der Waals surface area contributed by atoms with E-state index in [0.717, 1.165) is 78.6 Å². The number of pyridine rings is 1. The molecule has 1 fully saturated rings. The SMILES string of the molecule is COc1cc(OC)cc(N(Cc2ccc(-c3cc(OC)c(OC)c(OC)c3)cc2)C2CCN(Cc3ccnc(-c4cc(OC)c(OC)c(OC)c4)c3)CC2)c1.Cl.Cl. The number of hydrogen-bond acceptors (Lipinski definition) is 11. The summed E-state index contributed by atoms with van der Waals surface area (Å²) in [5.74, 6) is 5.08. The minimum absolute atomic E-state index is 0. The van der Waals surface area contributed by atoms with E-state index in [1.165, 1.54) is 11.1 Å². The number of hydrogen-bond donors (Lipinski definition) is 0. The summed E-state index contributed by atoms with van der Waals surface area (Å²) in [4.78, 5) is 9.68. The van der Waals surface area contributed by atoms with Crippen molar-refractivity contribution in [3.8, 4) is 68.4 Å². The number of halogens is 2. The molecule has 13 heteroatoms. The molecule has 0 bridgehead atoms. The first-order valence-corrected chi connectivity index (χ1v) is 18.2. The molecule has 306 valence electrons. The first kappa shape index (κ1) is 44.5. The first-order chi connectivity index (χ1) is 26.8. The number of methoxy groups -OCH3 is 8. The monoisotopic (exact) mass is 821 g/mol. The van der Waals surface area contributed by atoms with E-state index in [2.05, 4.69) is 63.3 Å². The maximum Gasteiger partial charge on any atom is 0.203 e. The van der Waals surface area contributed by atoms with Gasteiger partial charge in [-0.3, -0.25) is 9.88 Å². The summed E-state index contributed by atoms with van der Waals surface area (Å²) in [6.45, 7) is 3.44. The molecule has 1 aliphatic rings. The number of aromatic nitrogens is 1. The van der Waals surface area contributed by atoms with E-state index < -0.39 is 0 Å². The highest BCUT2D eigenvalue weighted by Crippen LogP contribution is 2.42. The van der Waals surface area contributed by atoms with E-state index in [4.69, 9.17) is 37.9 Å². The Balaban J connectivity index is 0.00000360. The number of rotatable bonds is 16. The van der Waals surface area contributed by atoms with Gasteiger partial charge < -0.3 is 42.8 Å². The van der Waals surface area contributed by atoms with Crippen LogP contribution < -0.4 is 42.8 Å². The molecule has 1 saturated heterocycles. The average Bonchev–Trinajstić information content (AvgIpc) is 3.24. The van der Waals surface area contributed by atoms with E-state index in [1.54, 1.807) is 56.9 Å². The molecule has 1 aromatic heterocycles. The van der Waals surface area contributed by atoms with Crippen molar-refractivity contribution < 1.29 is 37.9 Å². The number of benzene rings is 4. The fraction of sp³-hybridized carbons (Fsp3) is 0.341. The number of anilines is 1. The van der Waals surface area contributed by atoms with Crippen LogP contribution in [0.2, 0.25) is 0 Å². The standard InChI is InChI=1S/C44H51N3O8.2ClH/c1-48-36-24-35(25-37(26-36)49-2)47(28-29-9-11-31(12-10-29)32-20-39(50-3)43(54-7)40(21-32)51-4)34-14-17-46(18-15-34)27-30-13-16-45-38(19-30)33-22-41(52-5)44(55-8)42(23-33)53-6;;/h9-13,16,19-26,34H,14-15,17-18,27-28H2,1-8H3;2*1H. The Morgan fingerprint density at radius 3 is 1.53 bits per heavy atom. The van der Waals surface area contributed by atoms with Crippen molar-refractivity contribution in [2.75, 3.05) is 74.9 Å². The lowest BCUT2D eigenvalue weighted by Gasteiger charge is -2.40. The molecule has 5 aromatic rings. The van der Waals surface area contributed by atoms with Crippen LogP contribution >= 0.6 is 24.8 Å². The zero-order valence-corrected chi connectivity index (χ0v) is 35.5. The second-order valence-corrected chi connectivity index (χ2v) is 13.3. The van der Waals surface area contributed by atoms with Gasteiger partial charge in [-0.1, -0.05) is 24.3 Å². The Morgan fingerprint density at radius 2 is 1.05 bits per heavy atom. The van der Waals surface area contributed by atoms with Crippen LogP contribution in [0.4, 0.5) is 5.69 Å². The molecule has 0 aliphatic carbocycles. The second-order valence-electron chi connectivity index (χ2n) is 13.3. The van der Waals surface area contributed by atoms with Gasteiger partial charge in [-0.05, 0) is 71.5 Å². The van der Waals surface area contributed by atoms with Crippen molar-refractivity contribution in [1.29, 1.82) is 0 Å². The summed E-state index contributed by atoms with van der Waals surface area (Å²) in [5, 5.41) is 0. The maximum absolute atomic E-state index is 5.70. The van der Waals surface area contributed by atoms with Crippen LogP contribution in [0.3, 0.4) is 0 Å². The number of nitrogens with zero attached hydrogens (tertiary/aromatic N) is 3. The van der Waals surface area contributed by atoms with Crippen molar-refractivity contribution in [1.82, 2.24) is 9.88 Å². The van der Waals surface area contributed by atoms with Gasteiger partial charge in [-0.2, -0.15) is 0 Å². The summed E-state index contributed by atoms with van der Waals surface area (Å²) in [7, 11) is 13.1. The van der Waals surface area contributed by atoms with E-state index in [1.807, 2.05) is 36.5 Å². The van der Waals surface area contributed by atoms with Gasteiger partial charge >= 0.3 is 0 Å². The van der Waals surface area contributed by atoms with E-state index >= 15 is 0 Å². The highest BCUT2D eigenvalue weighted by atomic mass is 35.5. The van der Waals surface area contributed by atoms with Crippen molar-refractivity contribution in [3.05, 3.63) is 96.2 Å². The fourth-order valence-corrected chi connectivity index (χ4v) is 7.24. The van der Waals surface area contributed by atoms with Crippen molar-refractivity contribution in [2.45, 2.75) is 32.0 Å². The molecule has 0 N–H and O–H groups in total. The molecule has 4 aromatic carbocycles. The molecule has 0 amide bonds. The Kier molecular flexibility index (Phi) is 16.2. The summed E-state index contributed by atoms with van der Waals surface area (Å²) < 4.78 is 44.8. The van der Waals surface area contributed by atoms with Gasteiger partial charge in [0.05, 0.1) is 62.6 Å². The molecule has 57 heavy (non-hydrogen) atoms. The van der Waals surface area contributed by atoms with E-state index in [9.17, 15) is 0 Å². The Hall–Kier alpha value is -5.23. The minimum Gasteiger partial charge on any atom is -0.497 e. The third-order valence-electron chi connectivity index (χ3n) is 10.2. The first-order valence-electron chi connectivity index (χ1n) is 18.2. The predicted octanol–water partition coefficient (Wildman–Crippen LogP) is 9.00. The van der Waals surface area contributed by atoms with Gasteiger partial charge in [0.25, 0.3) is 0 Å². The van der Waals surface area contributed by atoms with Crippen LogP contribution in [-0.4, -0.2) is 85.9 Å². The molecular formula is C44H53Cl2N3O8. The molecule has 0 spiro atoms. The fourth-order valence-electron chi connectivity index (χ4n) is 7.24. The van der Waals surface area contributed by atoms with Gasteiger partial charge in [-0.15, -0.1) is 24.8 Å². The van der Waals surface area contributed by atoms with Crippen LogP contribution in [0.25, 0.3) is 22.4 Å². The zero-order chi connectivity index (χ0) is 38.9. The third kappa shape index (κ3) is 10.2. The van der Waals surface area contributed by atoms with Gasteiger partial charge in [-0.25, -0.2) is 0 Å². The molecule has 2 heterocycles. The second kappa shape index (κ2) is 20.8. The van der Waals surface area contributed by atoms with Crippen molar-refractivity contribution in [2.24, 2.45) is 0 Å². The highest BCUT2D eigenvalue weighted by molar-refractivity contribution is 5.85. The molecule has 0 radical (unpaired) electrons. The van der Waals surface area contributed by atoms with Crippen molar-refractivity contribution in [3.63, 3.8) is 0 Å². The van der Waals surface area contributed by atoms with Crippen LogP contribution in [-0.2, 0) is 13.1 Å². The van der Waals surface area contributed by atoms with Gasteiger partial charge in [0.2, 0.25) is 11.5 Å². The zero-order valence-electron chi connectivity index (χ0n) is 33.8. The van der Waals surface area contributed by atoms with Crippen LogP contribution in [0.1, 0.15) is 24.0 Å². The summed E-state index contributed by atoms with van der Waals surface area (Å²) in [5.41, 5.74) is 7.22. The van der Waals surface area contributed by atoms with E-state index in [-0.39, 0.29) is 24.8 Å². The topological polar surface area (TPSA) is 93.2 Å². The maximum atomic E-state index is 5.70. The summed E-state index contributed by atoms with van der Waals surface area (Å²) >= 11 is 0. The van der Waals surface area contributed by atoms with Crippen molar-refractivity contribution >= 4 is 30.5 Å². The molecule has 0 saturated carbocycles. The van der Waals surface area contributed by atoms with Crippen LogP contribution in [0.15, 0.2) is 85.1 Å². The van der Waals surface area contributed by atoms with Gasteiger partial charge in [0.15, 0.2) is 23.0 Å². The molecular weight excluding hydrogens is 769 g/mol. The molecule has 0 atom stereocenters. The number of ether oxygens (including phenoxy) is 8.